The molecule has 1 aliphatic heterocycles. The van der Waals surface area contributed by atoms with Crippen molar-refractivity contribution in [1.29, 1.82) is 0 Å². The Morgan fingerprint density at radius 2 is 2.00 bits per heavy atom. The standard InChI is InChI=1S/C18H19ClN4O3/c19-14-2-1-3-16(10-14)23(18(26)22-8-6-20-7-9-22)12-15-5-4-13(11-21-15)17(24)25/h1-5,10-11,20H,6-9,12H2,(H,24,25). The van der Waals surface area contributed by atoms with Crippen LogP contribution >= 0.6 is 11.6 Å². The lowest BCUT2D eigenvalue weighted by Crippen LogP contribution is -2.51. The number of hydrogen-bond acceptors (Lipinski definition) is 4. The summed E-state index contributed by atoms with van der Waals surface area (Å²) in [5.41, 5.74) is 1.38. The predicted octanol–water partition coefficient (Wildman–Crippen LogP) is 2.46. The second kappa shape index (κ2) is 8.16. The molecule has 136 valence electrons. The van der Waals surface area contributed by atoms with E-state index in [1.54, 1.807) is 34.1 Å². The molecule has 1 fully saturated rings. The van der Waals surface area contributed by atoms with E-state index < -0.39 is 5.97 Å². The molecule has 2 heterocycles. The lowest BCUT2D eigenvalue weighted by atomic mass is 10.2. The molecule has 1 aliphatic rings. The van der Waals surface area contributed by atoms with Crippen LogP contribution in [0.1, 0.15) is 16.1 Å². The Labute approximate surface area is 156 Å². The third-order valence-electron chi connectivity index (χ3n) is 4.13. The average molecular weight is 375 g/mol. The van der Waals surface area contributed by atoms with Crippen molar-refractivity contribution in [2.45, 2.75) is 6.54 Å². The van der Waals surface area contributed by atoms with Crippen molar-refractivity contribution in [2.75, 3.05) is 31.1 Å². The predicted molar refractivity (Wildman–Crippen MR) is 98.7 cm³/mol. The van der Waals surface area contributed by atoms with Crippen molar-refractivity contribution in [3.63, 3.8) is 0 Å². The van der Waals surface area contributed by atoms with Crippen LogP contribution in [0, 0.1) is 0 Å². The zero-order valence-electron chi connectivity index (χ0n) is 14.1. The minimum absolute atomic E-state index is 0.108. The zero-order chi connectivity index (χ0) is 18.5. The van der Waals surface area contributed by atoms with Crippen molar-refractivity contribution in [3.8, 4) is 0 Å². The molecule has 3 rings (SSSR count). The second-order valence-electron chi connectivity index (χ2n) is 5.93. The van der Waals surface area contributed by atoms with Gasteiger partial charge in [0.05, 0.1) is 17.8 Å². The molecule has 0 radical (unpaired) electrons. The lowest BCUT2D eigenvalue weighted by molar-refractivity contribution is 0.0696. The summed E-state index contributed by atoms with van der Waals surface area (Å²) in [7, 11) is 0. The minimum Gasteiger partial charge on any atom is -0.478 e. The molecular weight excluding hydrogens is 356 g/mol. The first-order chi connectivity index (χ1) is 12.5. The number of aromatic nitrogens is 1. The number of rotatable bonds is 4. The van der Waals surface area contributed by atoms with Crippen LogP contribution in [0.2, 0.25) is 5.02 Å². The number of carboxylic acid groups (broad SMARTS) is 1. The molecule has 26 heavy (non-hydrogen) atoms. The molecule has 1 aromatic heterocycles. The quantitative estimate of drug-likeness (QED) is 0.858. The van der Waals surface area contributed by atoms with Gasteiger partial charge in [-0.1, -0.05) is 17.7 Å². The number of benzene rings is 1. The van der Waals surface area contributed by atoms with Crippen LogP contribution in [0.5, 0.6) is 0 Å². The fourth-order valence-electron chi connectivity index (χ4n) is 2.75. The van der Waals surface area contributed by atoms with Gasteiger partial charge in [-0.05, 0) is 30.3 Å². The second-order valence-corrected chi connectivity index (χ2v) is 6.37. The number of carbonyl (C=O) groups is 2. The van der Waals surface area contributed by atoms with E-state index in [-0.39, 0.29) is 18.1 Å². The van der Waals surface area contributed by atoms with Crippen molar-refractivity contribution >= 4 is 29.3 Å². The van der Waals surface area contributed by atoms with E-state index in [9.17, 15) is 9.59 Å². The van der Waals surface area contributed by atoms with Gasteiger partial charge in [0, 0.05) is 43.1 Å². The maximum absolute atomic E-state index is 13.0. The van der Waals surface area contributed by atoms with Gasteiger partial charge in [-0.2, -0.15) is 0 Å². The lowest BCUT2D eigenvalue weighted by Gasteiger charge is -2.33. The molecule has 8 heteroatoms. The van der Waals surface area contributed by atoms with Gasteiger partial charge in [-0.25, -0.2) is 9.59 Å². The number of aromatic carboxylic acids is 1. The van der Waals surface area contributed by atoms with E-state index in [0.29, 0.717) is 29.5 Å². The highest BCUT2D eigenvalue weighted by Crippen LogP contribution is 2.23. The summed E-state index contributed by atoms with van der Waals surface area (Å²) in [5, 5.41) is 12.8. The summed E-state index contributed by atoms with van der Waals surface area (Å²) in [4.78, 5) is 31.6. The van der Waals surface area contributed by atoms with Crippen molar-refractivity contribution in [1.82, 2.24) is 15.2 Å². The molecule has 7 nitrogen and oxygen atoms in total. The van der Waals surface area contributed by atoms with Gasteiger partial charge < -0.3 is 15.3 Å². The van der Waals surface area contributed by atoms with Crippen LogP contribution in [0.15, 0.2) is 42.6 Å². The Morgan fingerprint density at radius 1 is 1.23 bits per heavy atom. The highest BCUT2D eigenvalue weighted by molar-refractivity contribution is 6.30. The summed E-state index contributed by atoms with van der Waals surface area (Å²) in [5.74, 6) is -1.03. The summed E-state index contributed by atoms with van der Waals surface area (Å²) in [6, 6.07) is 10.1. The van der Waals surface area contributed by atoms with Gasteiger partial charge in [0.25, 0.3) is 0 Å². The Morgan fingerprint density at radius 3 is 2.62 bits per heavy atom. The van der Waals surface area contributed by atoms with Crippen LogP contribution < -0.4 is 10.2 Å². The van der Waals surface area contributed by atoms with E-state index in [0.717, 1.165) is 13.1 Å². The third-order valence-corrected chi connectivity index (χ3v) is 4.37. The highest BCUT2D eigenvalue weighted by atomic mass is 35.5. The van der Waals surface area contributed by atoms with Crippen LogP contribution in [0.3, 0.4) is 0 Å². The SMILES string of the molecule is O=C(O)c1ccc(CN(C(=O)N2CCNCC2)c2cccc(Cl)c2)nc1. The first kappa shape index (κ1) is 18.2. The molecule has 2 amide bonds. The number of urea groups is 1. The van der Waals surface area contributed by atoms with E-state index in [1.165, 1.54) is 12.3 Å². The number of hydrogen-bond donors (Lipinski definition) is 2. The Bertz CT molecular complexity index is 791. The molecule has 1 aromatic carbocycles. The number of carbonyl (C=O) groups excluding carboxylic acids is 1. The minimum atomic E-state index is -1.03. The fourth-order valence-corrected chi connectivity index (χ4v) is 2.93. The van der Waals surface area contributed by atoms with Gasteiger partial charge in [0.2, 0.25) is 0 Å². The van der Waals surface area contributed by atoms with E-state index >= 15 is 0 Å². The molecule has 2 aromatic rings. The number of nitrogens with zero attached hydrogens (tertiary/aromatic N) is 3. The topological polar surface area (TPSA) is 85.8 Å². The third kappa shape index (κ3) is 4.30. The molecule has 0 spiro atoms. The molecular formula is C18H19ClN4O3. The van der Waals surface area contributed by atoms with Gasteiger partial charge in [-0.15, -0.1) is 0 Å². The number of anilines is 1. The van der Waals surface area contributed by atoms with E-state index in [4.69, 9.17) is 16.7 Å². The molecule has 0 bridgehead atoms. The number of amides is 2. The van der Waals surface area contributed by atoms with Crippen LogP contribution in [-0.4, -0.2) is 53.2 Å². The summed E-state index contributed by atoms with van der Waals surface area (Å²) < 4.78 is 0. The Kier molecular flexibility index (Phi) is 5.70. The smallest absolute Gasteiger partial charge is 0.337 e. The molecule has 1 saturated heterocycles. The number of halogens is 1. The van der Waals surface area contributed by atoms with Crippen molar-refractivity contribution < 1.29 is 14.7 Å². The number of pyridine rings is 1. The van der Waals surface area contributed by atoms with E-state index in [2.05, 4.69) is 10.3 Å². The van der Waals surface area contributed by atoms with Gasteiger partial charge in [0.1, 0.15) is 0 Å². The Hall–Kier alpha value is -2.64. The summed E-state index contributed by atoms with van der Waals surface area (Å²) in [6.45, 7) is 2.98. The fraction of sp³-hybridized carbons (Fsp3) is 0.278. The van der Waals surface area contributed by atoms with Crippen LogP contribution in [0.25, 0.3) is 0 Å². The highest BCUT2D eigenvalue weighted by Gasteiger charge is 2.24. The van der Waals surface area contributed by atoms with Crippen LogP contribution in [-0.2, 0) is 6.54 Å². The first-order valence-corrected chi connectivity index (χ1v) is 8.63. The van der Waals surface area contributed by atoms with Gasteiger partial charge in [-0.3, -0.25) is 9.88 Å². The maximum atomic E-state index is 13.0. The van der Waals surface area contributed by atoms with Crippen molar-refractivity contribution in [3.05, 3.63) is 58.9 Å². The van der Waals surface area contributed by atoms with Gasteiger partial charge in [0.15, 0.2) is 0 Å². The number of carboxylic acids is 1. The van der Waals surface area contributed by atoms with Gasteiger partial charge >= 0.3 is 12.0 Å². The molecule has 2 N–H and O–H groups in total. The molecule has 0 atom stereocenters. The Balaban J connectivity index is 1.87. The van der Waals surface area contributed by atoms with Crippen LogP contribution in [0.4, 0.5) is 10.5 Å². The first-order valence-electron chi connectivity index (χ1n) is 8.25. The average Bonchev–Trinajstić information content (AvgIpc) is 2.66. The molecule has 0 unspecified atom stereocenters. The normalized spacial score (nSPS) is 14.1. The van der Waals surface area contributed by atoms with Crippen molar-refractivity contribution in [2.24, 2.45) is 0 Å². The monoisotopic (exact) mass is 374 g/mol. The number of piperazine rings is 1. The molecule has 0 aliphatic carbocycles. The van der Waals surface area contributed by atoms with E-state index in [1.807, 2.05) is 6.07 Å². The molecule has 0 saturated carbocycles. The number of nitrogens with one attached hydrogen (secondary N) is 1. The summed E-state index contributed by atoms with van der Waals surface area (Å²) in [6.07, 6.45) is 1.29. The zero-order valence-corrected chi connectivity index (χ0v) is 14.8. The maximum Gasteiger partial charge on any atom is 0.337 e. The largest absolute Gasteiger partial charge is 0.478 e. The summed E-state index contributed by atoms with van der Waals surface area (Å²) >= 11 is 6.10.